The van der Waals surface area contributed by atoms with E-state index in [1.807, 2.05) is 24.3 Å². The van der Waals surface area contributed by atoms with E-state index in [4.69, 9.17) is 0 Å². The van der Waals surface area contributed by atoms with Gasteiger partial charge in [-0.25, -0.2) is 0 Å². The van der Waals surface area contributed by atoms with Crippen molar-refractivity contribution in [3.05, 3.63) is 55.2 Å². The van der Waals surface area contributed by atoms with Gasteiger partial charge in [-0.1, -0.05) is 0 Å². The quantitative estimate of drug-likeness (QED) is 0.559. The van der Waals surface area contributed by atoms with Crippen LogP contribution in [0.5, 0.6) is 0 Å². The van der Waals surface area contributed by atoms with Crippen molar-refractivity contribution in [1.82, 2.24) is 0 Å². The maximum absolute atomic E-state index is 10.5. The fourth-order valence-electron chi connectivity index (χ4n) is 1.32. The van der Waals surface area contributed by atoms with Crippen LogP contribution in [0.15, 0.2) is 55.8 Å². The van der Waals surface area contributed by atoms with Gasteiger partial charge in [0.25, 0.3) is 0 Å². The second-order valence-corrected chi connectivity index (χ2v) is 9.49. The van der Waals surface area contributed by atoms with Crippen LogP contribution < -0.4 is 0 Å². The fourth-order valence-corrected chi connectivity index (χ4v) is 8.67. The topological polar surface area (TPSA) is 58.9 Å². The molecule has 0 aliphatic heterocycles. The molecule has 16 heavy (non-hydrogen) atoms. The summed E-state index contributed by atoms with van der Waals surface area (Å²) in [4.78, 5) is 21.0. The van der Waals surface area contributed by atoms with Crippen molar-refractivity contribution in [1.29, 1.82) is 0 Å². The average molecular weight is 346 g/mol. The molecule has 0 amide bonds. The second kappa shape index (κ2) is 5.50. The van der Waals surface area contributed by atoms with Crippen LogP contribution in [0.25, 0.3) is 0 Å². The molecule has 2 atom stereocenters. The molecule has 2 unspecified atom stereocenters. The van der Waals surface area contributed by atoms with E-state index in [-0.39, 0.29) is 38.3 Å². The van der Waals surface area contributed by atoms with Crippen LogP contribution in [0.2, 0.25) is 0 Å². The van der Waals surface area contributed by atoms with Gasteiger partial charge in [0.05, 0.1) is 0 Å². The normalized spacial score (nSPS) is 26.8. The predicted molar refractivity (Wildman–Crippen MR) is 65.1 cm³/mol. The summed E-state index contributed by atoms with van der Waals surface area (Å²) in [6.45, 7) is 0. The van der Waals surface area contributed by atoms with Crippen molar-refractivity contribution >= 4 is 26.3 Å². The maximum atomic E-state index is 10.5. The number of allylic oxidation sites excluding steroid dienone is 4. The van der Waals surface area contributed by atoms with Crippen LogP contribution in [0.1, 0.15) is 0 Å². The van der Waals surface area contributed by atoms with Gasteiger partial charge in [-0.05, 0) is 0 Å². The van der Waals surface area contributed by atoms with Gasteiger partial charge >= 0.3 is 104 Å². The molecule has 0 saturated carbocycles. The molecule has 0 N–H and O–H groups in total. The molecule has 0 saturated heterocycles. The van der Waals surface area contributed by atoms with Crippen molar-refractivity contribution in [2.45, 2.75) is 12.1 Å². The number of hydrogen-bond donors (Lipinski definition) is 0. The molecule has 2 rings (SSSR count). The zero-order valence-corrected chi connectivity index (χ0v) is 11.6. The molecular weight excluding hydrogens is 338 g/mol. The molecule has 6 heteroatoms. The van der Waals surface area contributed by atoms with Gasteiger partial charge in [-0.2, -0.15) is 0 Å². The van der Waals surface area contributed by atoms with Gasteiger partial charge in [-0.15, -0.1) is 0 Å². The molecule has 0 aromatic rings. The number of nitrogens with zero attached hydrogens (tertiary/aromatic N) is 2. The van der Waals surface area contributed by atoms with E-state index >= 15 is 0 Å². The Morgan fingerprint density at radius 1 is 0.875 bits per heavy atom. The van der Waals surface area contributed by atoms with E-state index in [0.717, 1.165) is 8.94 Å². The van der Waals surface area contributed by atoms with Crippen LogP contribution in [-0.2, 0) is 0 Å². The molecule has 82 valence electrons. The van der Waals surface area contributed by atoms with Crippen LogP contribution in [0.3, 0.4) is 0 Å². The molecular formula is C10H8N2O2Se2. The Morgan fingerprint density at radius 2 is 1.31 bits per heavy atom. The average Bonchev–Trinajstić information content (AvgIpc) is 2.94. The third kappa shape index (κ3) is 2.47. The molecule has 2 aliphatic rings. The minimum atomic E-state index is -0.278. The molecule has 0 aromatic heterocycles. The van der Waals surface area contributed by atoms with Gasteiger partial charge in [0, 0.05) is 0 Å². The zero-order valence-electron chi connectivity index (χ0n) is 8.15. The van der Waals surface area contributed by atoms with Crippen molar-refractivity contribution < 1.29 is 0 Å². The summed E-state index contributed by atoms with van der Waals surface area (Å²) in [6.07, 6.45) is 11.3. The molecule has 0 spiro atoms. The first-order chi connectivity index (χ1) is 7.85. The molecule has 0 heterocycles. The Hall–Kier alpha value is -0.801. The first-order valence-corrected chi connectivity index (χ1v) is 10.7. The third-order valence-electron chi connectivity index (χ3n) is 2.15. The van der Waals surface area contributed by atoms with E-state index in [1.54, 1.807) is 12.2 Å². The van der Waals surface area contributed by atoms with Gasteiger partial charge in [-0.3, -0.25) is 0 Å². The van der Waals surface area contributed by atoms with E-state index < -0.39 is 0 Å². The molecule has 0 aromatic carbocycles. The Bertz CT molecular complexity index is 387. The standard InChI is InChI=1S/C10H8N2O2Se2/c13-11-7-3-1-5-9(7)15-16-10-6-2-4-8(10)12-14/h1-8H. The minimum absolute atomic E-state index is 0.232. The fraction of sp³-hybridized carbons (Fsp3) is 0.200. The first-order valence-electron chi connectivity index (χ1n) is 4.61. The summed E-state index contributed by atoms with van der Waals surface area (Å²) in [5.41, 5.74) is 0. The van der Waals surface area contributed by atoms with Crippen molar-refractivity contribution in [2.24, 2.45) is 10.4 Å². The number of nitroso groups, excluding NO2 is 2. The summed E-state index contributed by atoms with van der Waals surface area (Å²) < 4.78 is 2.19. The molecule has 0 bridgehead atoms. The van der Waals surface area contributed by atoms with Gasteiger partial charge in [0.1, 0.15) is 0 Å². The van der Waals surface area contributed by atoms with E-state index in [0.29, 0.717) is 0 Å². The van der Waals surface area contributed by atoms with Crippen LogP contribution in [-0.4, -0.2) is 38.3 Å². The summed E-state index contributed by atoms with van der Waals surface area (Å²) in [6, 6.07) is -0.557. The zero-order chi connectivity index (χ0) is 11.4. The first kappa shape index (κ1) is 11.7. The van der Waals surface area contributed by atoms with Crippen LogP contribution >= 0.6 is 0 Å². The van der Waals surface area contributed by atoms with E-state index in [1.165, 1.54) is 0 Å². The van der Waals surface area contributed by atoms with Crippen LogP contribution in [0, 0.1) is 9.81 Å². The van der Waals surface area contributed by atoms with Gasteiger partial charge in [0.2, 0.25) is 0 Å². The third-order valence-corrected chi connectivity index (χ3v) is 9.82. The molecule has 0 fully saturated rings. The Morgan fingerprint density at radius 3 is 1.69 bits per heavy atom. The molecule has 4 nitrogen and oxygen atoms in total. The van der Waals surface area contributed by atoms with Crippen molar-refractivity contribution in [3.8, 4) is 0 Å². The second-order valence-electron chi connectivity index (χ2n) is 3.18. The number of rotatable bonds is 5. The predicted octanol–water partition coefficient (Wildman–Crippen LogP) is 1.49. The Labute approximate surface area is 104 Å². The molecule has 2 aliphatic carbocycles. The summed E-state index contributed by atoms with van der Waals surface area (Å²) in [5, 5.41) is 6.11. The Kier molecular flexibility index (Phi) is 4.02. The summed E-state index contributed by atoms with van der Waals surface area (Å²) in [5.74, 6) is 0. The Balaban J connectivity index is 1.89. The van der Waals surface area contributed by atoms with Crippen molar-refractivity contribution in [3.63, 3.8) is 0 Å². The monoisotopic (exact) mass is 348 g/mol. The van der Waals surface area contributed by atoms with Gasteiger partial charge in [0.15, 0.2) is 0 Å². The SMILES string of the molecule is O=NC1C=CC=C1[Se][Se]C1=CC=CC1N=O. The van der Waals surface area contributed by atoms with Crippen LogP contribution in [0.4, 0.5) is 0 Å². The summed E-state index contributed by atoms with van der Waals surface area (Å²) >= 11 is 0.464. The van der Waals surface area contributed by atoms with E-state index in [9.17, 15) is 9.81 Å². The van der Waals surface area contributed by atoms with E-state index in [2.05, 4.69) is 10.4 Å². The molecule has 0 radical (unpaired) electrons. The summed E-state index contributed by atoms with van der Waals surface area (Å²) in [7, 11) is 0. The van der Waals surface area contributed by atoms with Crippen molar-refractivity contribution in [2.75, 3.05) is 0 Å². The van der Waals surface area contributed by atoms with Gasteiger partial charge < -0.3 is 0 Å². The number of hydrogen-bond acceptors (Lipinski definition) is 4.